The third-order valence-corrected chi connectivity index (χ3v) is 8.84. The number of rotatable bonds is 0. The van der Waals surface area contributed by atoms with Gasteiger partial charge in [0.1, 0.15) is 21.4 Å². The predicted molar refractivity (Wildman–Crippen MR) is 80.7 cm³/mol. The van der Waals surface area contributed by atoms with Gasteiger partial charge in [-0.3, -0.25) is 0 Å². The molecule has 11 heteroatoms. The molecule has 4 atom stereocenters. The van der Waals surface area contributed by atoms with Gasteiger partial charge in [0.05, 0.1) is 0 Å². The highest BCUT2D eigenvalue weighted by atomic mass is 32.2. The second kappa shape index (κ2) is 7.46. The summed E-state index contributed by atoms with van der Waals surface area (Å²) in [6, 6.07) is 0. The van der Waals surface area contributed by atoms with Gasteiger partial charge in [0, 0.05) is 11.8 Å². The summed E-state index contributed by atoms with van der Waals surface area (Å²) in [5.41, 5.74) is -9.57. The Morgan fingerprint density at radius 1 is 0.760 bits per heavy atom. The monoisotopic (exact) mass is 414 g/mol. The van der Waals surface area contributed by atoms with Crippen molar-refractivity contribution in [2.24, 2.45) is 11.8 Å². The Hall–Kier alpha value is -0.160. The van der Waals surface area contributed by atoms with Gasteiger partial charge in [-0.15, -0.1) is 13.2 Å². The molecule has 3 nitrogen and oxygen atoms in total. The largest absolute Gasteiger partial charge is 0.741 e. The minimum absolute atomic E-state index is 0.00292. The first-order valence-corrected chi connectivity index (χ1v) is 10.9. The van der Waals surface area contributed by atoms with Crippen molar-refractivity contribution in [1.82, 2.24) is 0 Å². The maximum atomic E-state index is 13.3. The topological polar surface area (TPSA) is 57.2 Å². The van der Waals surface area contributed by atoms with E-state index in [4.69, 9.17) is 13.0 Å². The second-order valence-electron chi connectivity index (χ2n) is 6.69. The Kier molecular flexibility index (Phi) is 6.31. The van der Waals surface area contributed by atoms with Crippen LogP contribution in [-0.4, -0.2) is 34.5 Å². The summed E-state index contributed by atoms with van der Waals surface area (Å²) < 4.78 is 98.8. The lowest BCUT2D eigenvalue weighted by Gasteiger charge is -2.27. The van der Waals surface area contributed by atoms with E-state index < -0.39 is 32.0 Å². The summed E-state index contributed by atoms with van der Waals surface area (Å²) in [4.78, 5) is 0. The van der Waals surface area contributed by atoms with Crippen molar-refractivity contribution in [2.45, 2.75) is 72.9 Å². The third kappa shape index (κ3) is 4.77. The molecule has 3 rings (SSSR count). The molecular formula is C14H20F6O3S2. The van der Waals surface area contributed by atoms with Gasteiger partial charge in [0.15, 0.2) is 10.1 Å². The zero-order valence-electron chi connectivity index (χ0n) is 13.3. The summed E-state index contributed by atoms with van der Waals surface area (Å²) >= 11 is 0. The van der Waals surface area contributed by atoms with Crippen molar-refractivity contribution in [2.75, 3.05) is 0 Å². The molecule has 0 aromatic carbocycles. The molecule has 148 valence electrons. The molecule has 1 aliphatic heterocycles. The van der Waals surface area contributed by atoms with E-state index in [9.17, 15) is 26.3 Å². The summed E-state index contributed by atoms with van der Waals surface area (Å²) in [6.07, 6.45) is 8.23. The number of fused-ring (bicyclic) bond motifs is 3. The SMILES string of the molecule is FC(F)(F)[S+]1C2CCCCC2C2CCCCC21.O=S(=O)([O-])C(F)(F)F. The minimum atomic E-state index is -6.09. The van der Waals surface area contributed by atoms with E-state index in [1.54, 1.807) is 0 Å². The summed E-state index contributed by atoms with van der Waals surface area (Å²) in [5, 5.41) is -0.00583. The van der Waals surface area contributed by atoms with Gasteiger partial charge in [0.2, 0.25) is 0 Å². The van der Waals surface area contributed by atoms with Crippen LogP contribution in [0.25, 0.3) is 0 Å². The highest BCUT2D eigenvalue weighted by Crippen LogP contribution is 2.56. The molecule has 0 radical (unpaired) electrons. The Morgan fingerprint density at radius 3 is 1.36 bits per heavy atom. The minimum Gasteiger partial charge on any atom is -0.741 e. The lowest BCUT2D eigenvalue weighted by molar-refractivity contribution is -0.0518. The first-order chi connectivity index (χ1) is 11.3. The molecule has 1 heterocycles. The maximum absolute atomic E-state index is 13.3. The molecular weight excluding hydrogens is 394 g/mol. The molecule has 2 aliphatic carbocycles. The first kappa shape index (κ1) is 21.1. The van der Waals surface area contributed by atoms with Gasteiger partial charge < -0.3 is 4.55 Å². The van der Waals surface area contributed by atoms with E-state index in [2.05, 4.69) is 0 Å². The van der Waals surface area contributed by atoms with E-state index in [-0.39, 0.29) is 10.5 Å². The van der Waals surface area contributed by atoms with Crippen molar-refractivity contribution in [1.29, 1.82) is 0 Å². The molecule has 0 aromatic heterocycles. The Balaban J connectivity index is 0.000000242. The van der Waals surface area contributed by atoms with Crippen LogP contribution in [0, 0.1) is 11.8 Å². The van der Waals surface area contributed by atoms with Gasteiger partial charge in [-0.1, -0.05) is 12.8 Å². The maximum Gasteiger partial charge on any atom is 0.575 e. The third-order valence-electron chi connectivity index (χ3n) is 5.26. The van der Waals surface area contributed by atoms with E-state index in [1.807, 2.05) is 0 Å². The molecule has 4 unspecified atom stereocenters. The van der Waals surface area contributed by atoms with Crippen molar-refractivity contribution in [3.8, 4) is 0 Å². The molecule has 3 fully saturated rings. The fourth-order valence-electron chi connectivity index (χ4n) is 4.43. The average Bonchev–Trinajstić information content (AvgIpc) is 2.80. The molecule has 0 aromatic rings. The number of hydrogen-bond donors (Lipinski definition) is 0. The van der Waals surface area contributed by atoms with Crippen LogP contribution >= 0.6 is 0 Å². The van der Waals surface area contributed by atoms with Crippen molar-refractivity contribution in [3.63, 3.8) is 0 Å². The number of alkyl halides is 6. The van der Waals surface area contributed by atoms with Crippen LogP contribution in [0.1, 0.15) is 51.4 Å². The van der Waals surface area contributed by atoms with Crippen LogP contribution in [0.5, 0.6) is 0 Å². The lowest BCUT2D eigenvalue weighted by atomic mass is 9.73. The Bertz CT molecular complexity index is 538. The zero-order valence-corrected chi connectivity index (χ0v) is 14.9. The van der Waals surface area contributed by atoms with Gasteiger partial charge in [-0.25, -0.2) is 8.42 Å². The van der Waals surface area contributed by atoms with Crippen LogP contribution in [-0.2, 0) is 21.0 Å². The van der Waals surface area contributed by atoms with Crippen molar-refractivity contribution >= 4 is 21.0 Å². The highest BCUT2D eigenvalue weighted by Gasteiger charge is 2.69. The fourth-order valence-corrected chi connectivity index (χ4v) is 7.83. The molecule has 3 aliphatic rings. The van der Waals surface area contributed by atoms with E-state index >= 15 is 0 Å². The van der Waals surface area contributed by atoms with E-state index in [0.717, 1.165) is 38.5 Å². The Labute approximate surface area is 145 Å². The molecule has 0 N–H and O–H groups in total. The molecule has 2 saturated carbocycles. The summed E-state index contributed by atoms with van der Waals surface area (Å²) in [5.74, 6) is 0.831. The van der Waals surface area contributed by atoms with Gasteiger partial charge in [0.25, 0.3) is 0 Å². The van der Waals surface area contributed by atoms with Gasteiger partial charge >= 0.3 is 11.0 Å². The van der Waals surface area contributed by atoms with Crippen LogP contribution < -0.4 is 0 Å². The molecule has 0 bridgehead atoms. The zero-order chi connectivity index (χ0) is 19.0. The van der Waals surface area contributed by atoms with Gasteiger partial charge in [-0.2, -0.15) is 13.2 Å². The van der Waals surface area contributed by atoms with Gasteiger partial charge in [-0.05, 0) is 38.5 Å². The quantitative estimate of drug-likeness (QED) is 0.257. The Morgan fingerprint density at radius 2 is 1.08 bits per heavy atom. The molecule has 1 saturated heterocycles. The summed E-state index contributed by atoms with van der Waals surface area (Å²) in [6.45, 7) is 0. The van der Waals surface area contributed by atoms with Crippen LogP contribution in [0.2, 0.25) is 0 Å². The predicted octanol–water partition coefficient (Wildman–Crippen LogP) is 4.31. The highest BCUT2D eigenvalue weighted by molar-refractivity contribution is 7.99. The van der Waals surface area contributed by atoms with E-state index in [1.165, 1.54) is 12.8 Å². The van der Waals surface area contributed by atoms with Crippen LogP contribution in [0.4, 0.5) is 26.3 Å². The molecule has 0 spiro atoms. The fraction of sp³-hybridized carbons (Fsp3) is 1.00. The smallest absolute Gasteiger partial charge is 0.575 e. The standard InChI is InChI=1S/C13H20F3S.CHF3O3S/c14-13(15,16)17-11-7-3-1-5-9(11)10-6-2-4-8-12(10)17;2-1(3,4)8(5,6)7/h9-12H,1-8H2;(H,5,6,7)/q+1;/p-1. The second-order valence-corrected chi connectivity index (χ2v) is 10.5. The van der Waals surface area contributed by atoms with Crippen molar-refractivity contribution in [3.05, 3.63) is 0 Å². The first-order valence-electron chi connectivity index (χ1n) is 8.15. The average molecular weight is 414 g/mol. The van der Waals surface area contributed by atoms with E-state index in [0.29, 0.717) is 11.8 Å². The van der Waals surface area contributed by atoms with Crippen molar-refractivity contribution < 1.29 is 39.3 Å². The molecule has 0 amide bonds. The van der Waals surface area contributed by atoms with Crippen LogP contribution in [0.15, 0.2) is 0 Å². The normalized spacial score (nSPS) is 36.0. The molecule has 25 heavy (non-hydrogen) atoms. The van der Waals surface area contributed by atoms with Crippen LogP contribution in [0.3, 0.4) is 0 Å². The number of halogens is 6. The number of hydrogen-bond acceptors (Lipinski definition) is 3. The lowest BCUT2D eigenvalue weighted by Crippen LogP contribution is -2.39. The summed E-state index contributed by atoms with van der Waals surface area (Å²) in [7, 11) is -7.37.